The molecule has 1 aliphatic rings. The van der Waals surface area contributed by atoms with E-state index in [-0.39, 0.29) is 5.91 Å². The van der Waals surface area contributed by atoms with E-state index in [0.717, 1.165) is 12.8 Å². The molecule has 1 N–H and O–H groups in total. The number of carbonyl (C=O) groups excluding carboxylic acids is 1. The highest BCUT2D eigenvalue weighted by atomic mass is 35.5. The molecular formula is C11H13Cl2NOS. The first-order chi connectivity index (χ1) is 7.66. The summed E-state index contributed by atoms with van der Waals surface area (Å²) in [5, 5.41) is 3.01. The molecule has 16 heavy (non-hydrogen) atoms. The van der Waals surface area contributed by atoms with Crippen molar-refractivity contribution in [1.29, 1.82) is 0 Å². The number of amides is 1. The van der Waals surface area contributed by atoms with E-state index >= 15 is 0 Å². The molecule has 2 rings (SSSR count). The number of nitrogens with one attached hydrogen (secondary N) is 1. The molecule has 1 amide bonds. The minimum absolute atomic E-state index is 0.0972. The molecule has 0 aliphatic heterocycles. The van der Waals surface area contributed by atoms with E-state index < -0.39 is 0 Å². The third kappa shape index (κ3) is 2.90. The van der Waals surface area contributed by atoms with Crippen LogP contribution in [0.25, 0.3) is 0 Å². The molecule has 5 heteroatoms. The fourth-order valence-corrected chi connectivity index (χ4v) is 3.46. The fourth-order valence-electron chi connectivity index (χ4n) is 2.01. The van der Waals surface area contributed by atoms with Crippen molar-refractivity contribution in [2.75, 3.05) is 0 Å². The number of hydrogen-bond donors (Lipinski definition) is 1. The summed E-state index contributed by atoms with van der Waals surface area (Å²) in [5.74, 6) is -0.0972. The smallest absolute Gasteiger partial charge is 0.253 e. The van der Waals surface area contributed by atoms with Gasteiger partial charge in [-0.2, -0.15) is 0 Å². The summed E-state index contributed by atoms with van der Waals surface area (Å²) in [5.41, 5.74) is 0.502. The molecule has 0 radical (unpaired) electrons. The maximum atomic E-state index is 11.9. The van der Waals surface area contributed by atoms with Crippen LogP contribution in [0.5, 0.6) is 0 Å². The summed E-state index contributed by atoms with van der Waals surface area (Å²) < 4.78 is 1.03. The van der Waals surface area contributed by atoms with E-state index in [0.29, 0.717) is 20.3 Å². The zero-order valence-corrected chi connectivity index (χ0v) is 11.1. The molecule has 1 aliphatic carbocycles. The van der Waals surface area contributed by atoms with Gasteiger partial charge in [0, 0.05) is 6.04 Å². The van der Waals surface area contributed by atoms with Crippen LogP contribution in [0.15, 0.2) is 6.07 Å². The van der Waals surface area contributed by atoms with Gasteiger partial charge in [0.2, 0.25) is 0 Å². The van der Waals surface area contributed by atoms with Gasteiger partial charge >= 0.3 is 0 Å². The average Bonchev–Trinajstić information content (AvgIpc) is 2.59. The molecule has 88 valence electrons. The van der Waals surface area contributed by atoms with Crippen molar-refractivity contribution in [2.45, 2.75) is 38.1 Å². The lowest BCUT2D eigenvalue weighted by Gasteiger charge is -2.22. The lowest BCUT2D eigenvalue weighted by molar-refractivity contribution is 0.0928. The molecular weight excluding hydrogens is 265 g/mol. The second-order valence-corrected chi connectivity index (χ2v) is 6.33. The first-order valence-electron chi connectivity index (χ1n) is 5.42. The van der Waals surface area contributed by atoms with E-state index in [1.54, 1.807) is 6.07 Å². The summed E-state index contributed by atoms with van der Waals surface area (Å²) in [4.78, 5) is 11.9. The Bertz CT molecular complexity index is 385. The Morgan fingerprint density at radius 1 is 1.31 bits per heavy atom. The van der Waals surface area contributed by atoms with Crippen molar-refractivity contribution in [3.05, 3.63) is 20.3 Å². The second kappa shape index (κ2) is 5.39. The van der Waals surface area contributed by atoms with Crippen LogP contribution in [-0.2, 0) is 0 Å². The van der Waals surface area contributed by atoms with E-state index in [1.807, 2.05) is 0 Å². The van der Waals surface area contributed by atoms with Gasteiger partial charge in [0.25, 0.3) is 5.91 Å². The third-order valence-corrected chi connectivity index (χ3v) is 4.33. The summed E-state index contributed by atoms with van der Waals surface area (Å²) in [7, 11) is 0. The van der Waals surface area contributed by atoms with Crippen molar-refractivity contribution >= 4 is 40.4 Å². The molecule has 0 spiro atoms. The van der Waals surface area contributed by atoms with Gasteiger partial charge in [0.15, 0.2) is 0 Å². The standard InChI is InChI=1S/C11H13Cl2NOS/c12-9-6-8(10(13)16-9)11(15)14-7-4-2-1-3-5-7/h6-7H,1-5H2,(H,14,15). The third-order valence-electron chi connectivity index (χ3n) is 2.84. The normalized spacial score (nSPS) is 17.4. The van der Waals surface area contributed by atoms with Crippen LogP contribution >= 0.6 is 34.5 Å². The van der Waals surface area contributed by atoms with Crippen LogP contribution in [0.4, 0.5) is 0 Å². The van der Waals surface area contributed by atoms with Crippen LogP contribution in [0, 0.1) is 0 Å². The van der Waals surface area contributed by atoms with Gasteiger partial charge in [-0.15, -0.1) is 11.3 Å². The Balaban J connectivity index is 1.99. The van der Waals surface area contributed by atoms with Gasteiger partial charge in [0.05, 0.1) is 9.90 Å². The van der Waals surface area contributed by atoms with Crippen LogP contribution in [0.3, 0.4) is 0 Å². The summed E-state index contributed by atoms with van der Waals surface area (Å²) in [6.45, 7) is 0. The molecule has 0 atom stereocenters. The summed E-state index contributed by atoms with van der Waals surface area (Å²) in [6, 6.07) is 1.93. The minimum atomic E-state index is -0.0972. The Labute approximate surface area is 109 Å². The second-order valence-electron chi connectivity index (χ2n) is 4.05. The number of halogens is 2. The number of carbonyl (C=O) groups is 1. The van der Waals surface area contributed by atoms with Crippen LogP contribution in [-0.4, -0.2) is 11.9 Å². The number of thiophene rings is 1. The maximum Gasteiger partial charge on any atom is 0.253 e. The largest absolute Gasteiger partial charge is 0.349 e. The van der Waals surface area contributed by atoms with Crippen molar-refractivity contribution in [1.82, 2.24) is 5.32 Å². The molecule has 1 saturated carbocycles. The van der Waals surface area contributed by atoms with Crippen molar-refractivity contribution in [2.24, 2.45) is 0 Å². The van der Waals surface area contributed by atoms with Crippen LogP contribution in [0.1, 0.15) is 42.5 Å². The predicted molar refractivity (Wildman–Crippen MR) is 68.7 cm³/mol. The first-order valence-corrected chi connectivity index (χ1v) is 7.00. The molecule has 1 fully saturated rings. The van der Waals surface area contributed by atoms with E-state index in [1.165, 1.54) is 30.6 Å². The molecule has 2 nitrogen and oxygen atoms in total. The Morgan fingerprint density at radius 3 is 2.56 bits per heavy atom. The highest BCUT2D eigenvalue weighted by molar-refractivity contribution is 7.20. The van der Waals surface area contributed by atoms with Crippen LogP contribution < -0.4 is 5.32 Å². The lowest BCUT2D eigenvalue weighted by atomic mass is 9.95. The van der Waals surface area contributed by atoms with Gasteiger partial charge in [-0.3, -0.25) is 4.79 Å². The van der Waals surface area contributed by atoms with Gasteiger partial charge in [-0.05, 0) is 18.9 Å². The highest BCUT2D eigenvalue weighted by Gasteiger charge is 2.19. The Hall–Kier alpha value is -0.250. The molecule has 0 bridgehead atoms. The number of rotatable bonds is 2. The monoisotopic (exact) mass is 277 g/mol. The Morgan fingerprint density at radius 2 is 2.00 bits per heavy atom. The first kappa shape index (κ1) is 12.2. The molecule has 1 aromatic heterocycles. The van der Waals surface area contributed by atoms with Gasteiger partial charge in [0.1, 0.15) is 4.34 Å². The fraction of sp³-hybridized carbons (Fsp3) is 0.545. The van der Waals surface area contributed by atoms with Gasteiger partial charge in [-0.1, -0.05) is 42.5 Å². The summed E-state index contributed by atoms with van der Waals surface area (Å²) in [6.07, 6.45) is 5.81. The number of hydrogen-bond acceptors (Lipinski definition) is 2. The van der Waals surface area contributed by atoms with Gasteiger partial charge in [-0.25, -0.2) is 0 Å². The van der Waals surface area contributed by atoms with Crippen molar-refractivity contribution in [3.8, 4) is 0 Å². The highest BCUT2D eigenvalue weighted by Crippen LogP contribution is 2.31. The topological polar surface area (TPSA) is 29.1 Å². The van der Waals surface area contributed by atoms with Gasteiger partial charge < -0.3 is 5.32 Å². The molecule has 0 aromatic carbocycles. The van der Waals surface area contributed by atoms with Crippen molar-refractivity contribution in [3.63, 3.8) is 0 Å². The zero-order chi connectivity index (χ0) is 11.5. The SMILES string of the molecule is O=C(NC1CCCCC1)c1cc(Cl)sc1Cl. The molecule has 1 heterocycles. The van der Waals surface area contributed by atoms with Crippen molar-refractivity contribution < 1.29 is 4.79 Å². The van der Waals surface area contributed by atoms with E-state index in [4.69, 9.17) is 23.2 Å². The zero-order valence-electron chi connectivity index (χ0n) is 8.76. The minimum Gasteiger partial charge on any atom is -0.349 e. The molecule has 1 aromatic rings. The molecule has 0 saturated heterocycles. The lowest BCUT2D eigenvalue weighted by Crippen LogP contribution is -2.36. The van der Waals surface area contributed by atoms with E-state index in [2.05, 4.69) is 5.32 Å². The predicted octanol–water partition coefficient (Wildman–Crippen LogP) is 4.12. The average molecular weight is 278 g/mol. The van der Waals surface area contributed by atoms with E-state index in [9.17, 15) is 4.79 Å². The quantitative estimate of drug-likeness (QED) is 0.866. The van der Waals surface area contributed by atoms with Crippen LogP contribution in [0.2, 0.25) is 8.67 Å². The summed E-state index contributed by atoms with van der Waals surface area (Å²) >= 11 is 13.0. The maximum absolute atomic E-state index is 11.9. The Kier molecular flexibility index (Phi) is 4.11. The molecule has 0 unspecified atom stereocenters.